The van der Waals surface area contributed by atoms with E-state index in [9.17, 15) is 0 Å². The standard InChI is InChI=1S/C14H16ClN3O2/c1-3-16-14-17-9-12(15)13(18-14)20-11-7-5-10(6-8-11)19-4-2/h5-9H,3-4H2,1-2H3,(H,16,17,18). The van der Waals surface area contributed by atoms with Gasteiger partial charge in [0, 0.05) is 6.54 Å². The second-order valence-electron chi connectivity index (χ2n) is 3.88. The molecular formula is C14H16ClN3O2. The van der Waals surface area contributed by atoms with Crippen LogP contribution in [-0.4, -0.2) is 23.1 Å². The quantitative estimate of drug-likeness (QED) is 0.879. The van der Waals surface area contributed by atoms with Crippen LogP contribution in [0.15, 0.2) is 30.5 Å². The van der Waals surface area contributed by atoms with Crippen LogP contribution in [0, 0.1) is 0 Å². The van der Waals surface area contributed by atoms with Crippen molar-refractivity contribution in [1.29, 1.82) is 0 Å². The summed E-state index contributed by atoms with van der Waals surface area (Å²) >= 11 is 6.02. The first kappa shape index (κ1) is 14.4. The summed E-state index contributed by atoms with van der Waals surface area (Å²) in [6, 6.07) is 7.27. The molecule has 0 saturated carbocycles. The molecule has 0 aliphatic heterocycles. The zero-order valence-electron chi connectivity index (χ0n) is 11.4. The molecule has 0 atom stereocenters. The number of anilines is 1. The van der Waals surface area contributed by atoms with Gasteiger partial charge in [0.1, 0.15) is 16.5 Å². The predicted octanol–water partition coefficient (Wildman–Crippen LogP) is 3.75. The minimum atomic E-state index is 0.321. The van der Waals surface area contributed by atoms with E-state index >= 15 is 0 Å². The molecule has 0 saturated heterocycles. The number of rotatable bonds is 6. The second kappa shape index (κ2) is 6.96. The fourth-order valence-electron chi connectivity index (χ4n) is 1.55. The van der Waals surface area contributed by atoms with Crippen molar-refractivity contribution in [1.82, 2.24) is 9.97 Å². The molecule has 0 aliphatic rings. The van der Waals surface area contributed by atoms with Gasteiger partial charge in [0.25, 0.3) is 0 Å². The SMILES string of the molecule is CCNc1ncc(Cl)c(Oc2ccc(OCC)cc2)n1. The molecule has 106 valence electrons. The molecule has 0 amide bonds. The van der Waals surface area contributed by atoms with Crippen LogP contribution in [0.1, 0.15) is 13.8 Å². The lowest BCUT2D eigenvalue weighted by Crippen LogP contribution is -2.02. The van der Waals surface area contributed by atoms with E-state index in [1.165, 1.54) is 6.20 Å². The minimum Gasteiger partial charge on any atom is -0.494 e. The third-order valence-electron chi connectivity index (χ3n) is 2.40. The van der Waals surface area contributed by atoms with Crippen molar-refractivity contribution in [2.75, 3.05) is 18.5 Å². The Morgan fingerprint density at radius 1 is 1.15 bits per heavy atom. The maximum atomic E-state index is 6.02. The Hall–Kier alpha value is -2.01. The zero-order chi connectivity index (χ0) is 14.4. The van der Waals surface area contributed by atoms with Gasteiger partial charge in [-0.25, -0.2) is 4.98 Å². The minimum absolute atomic E-state index is 0.321. The van der Waals surface area contributed by atoms with Crippen LogP contribution < -0.4 is 14.8 Å². The number of hydrogen-bond donors (Lipinski definition) is 1. The van der Waals surface area contributed by atoms with E-state index < -0.39 is 0 Å². The van der Waals surface area contributed by atoms with Gasteiger partial charge in [0.2, 0.25) is 11.8 Å². The molecule has 1 heterocycles. The maximum Gasteiger partial charge on any atom is 0.243 e. The molecule has 6 heteroatoms. The van der Waals surface area contributed by atoms with Gasteiger partial charge in [-0.3, -0.25) is 0 Å². The summed E-state index contributed by atoms with van der Waals surface area (Å²) in [5, 5.41) is 3.37. The predicted molar refractivity (Wildman–Crippen MR) is 78.9 cm³/mol. The van der Waals surface area contributed by atoms with E-state index in [0.29, 0.717) is 29.2 Å². The van der Waals surface area contributed by atoms with E-state index in [1.807, 2.05) is 26.0 Å². The average Bonchev–Trinajstić information content (AvgIpc) is 2.45. The Bertz CT molecular complexity index is 561. The third kappa shape index (κ3) is 3.74. The first-order valence-electron chi connectivity index (χ1n) is 6.40. The molecule has 1 N–H and O–H groups in total. The Morgan fingerprint density at radius 2 is 1.85 bits per heavy atom. The van der Waals surface area contributed by atoms with Crippen molar-refractivity contribution in [3.8, 4) is 17.4 Å². The molecule has 0 spiro atoms. The van der Waals surface area contributed by atoms with Crippen LogP contribution in [0.5, 0.6) is 17.4 Å². The van der Waals surface area contributed by atoms with Gasteiger partial charge in [-0.15, -0.1) is 0 Å². The fourth-order valence-corrected chi connectivity index (χ4v) is 1.68. The highest BCUT2D eigenvalue weighted by Crippen LogP contribution is 2.28. The molecule has 0 radical (unpaired) electrons. The molecule has 0 unspecified atom stereocenters. The third-order valence-corrected chi connectivity index (χ3v) is 2.66. The summed E-state index contributed by atoms with van der Waals surface area (Å²) in [6.07, 6.45) is 1.51. The smallest absolute Gasteiger partial charge is 0.243 e. The topological polar surface area (TPSA) is 56.3 Å². The Balaban J connectivity index is 2.14. The second-order valence-corrected chi connectivity index (χ2v) is 4.29. The van der Waals surface area contributed by atoms with Crippen molar-refractivity contribution in [2.45, 2.75) is 13.8 Å². The first-order chi connectivity index (χ1) is 9.72. The number of aromatic nitrogens is 2. The zero-order valence-corrected chi connectivity index (χ0v) is 12.1. The molecule has 2 aromatic rings. The van der Waals surface area contributed by atoms with Crippen LogP contribution in [0.3, 0.4) is 0 Å². The van der Waals surface area contributed by atoms with Crippen LogP contribution in [-0.2, 0) is 0 Å². The molecule has 0 fully saturated rings. The van der Waals surface area contributed by atoms with Crippen molar-refractivity contribution >= 4 is 17.5 Å². The van der Waals surface area contributed by atoms with E-state index in [2.05, 4.69) is 15.3 Å². The highest BCUT2D eigenvalue weighted by molar-refractivity contribution is 6.31. The van der Waals surface area contributed by atoms with Gasteiger partial charge in [0.05, 0.1) is 12.8 Å². The van der Waals surface area contributed by atoms with Crippen LogP contribution >= 0.6 is 11.6 Å². The lowest BCUT2D eigenvalue weighted by atomic mass is 10.3. The van der Waals surface area contributed by atoms with Crippen molar-refractivity contribution < 1.29 is 9.47 Å². The Morgan fingerprint density at radius 3 is 2.50 bits per heavy atom. The Kier molecular flexibility index (Phi) is 5.01. The molecule has 2 rings (SSSR count). The highest BCUT2D eigenvalue weighted by atomic mass is 35.5. The first-order valence-corrected chi connectivity index (χ1v) is 6.77. The molecule has 20 heavy (non-hydrogen) atoms. The number of benzene rings is 1. The van der Waals surface area contributed by atoms with E-state index in [1.54, 1.807) is 12.1 Å². The van der Waals surface area contributed by atoms with Gasteiger partial charge in [-0.1, -0.05) is 11.6 Å². The van der Waals surface area contributed by atoms with Crippen molar-refractivity contribution in [2.24, 2.45) is 0 Å². The van der Waals surface area contributed by atoms with Crippen molar-refractivity contribution in [3.63, 3.8) is 0 Å². The molecule has 0 bridgehead atoms. The van der Waals surface area contributed by atoms with Crippen molar-refractivity contribution in [3.05, 3.63) is 35.5 Å². The van der Waals surface area contributed by atoms with Gasteiger partial charge in [-0.2, -0.15) is 4.98 Å². The monoisotopic (exact) mass is 293 g/mol. The largest absolute Gasteiger partial charge is 0.494 e. The van der Waals surface area contributed by atoms with E-state index in [-0.39, 0.29) is 0 Å². The number of ether oxygens (including phenoxy) is 2. The maximum absolute atomic E-state index is 6.02. The highest BCUT2D eigenvalue weighted by Gasteiger charge is 2.08. The van der Waals surface area contributed by atoms with Gasteiger partial charge in [0.15, 0.2) is 0 Å². The van der Waals surface area contributed by atoms with E-state index in [0.717, 1.165) is 12.3 Å². The van der Waals surface area contributed by atoms with Crippen LogP contribution in [0.2, 0.25) is 5.02 Å². The molecular weight excluding hydrogens is 278 g/mol. The summed E-state index contributed by atoms with van der Waals surface area (Å²) in [7, 11) is 0. The van der Waals surface area contributed by atoms with Gasteiger partial charge in [-0.05, 0) is 38.1 Å². The number of nitrogens with one attached hydrogen (secondary N) is 1. The number of hydrogen-bond acceptors (Lipinski definition) is 5. The summed E-state index contributed by atoms with van der Waals surface area (Å²) in [5.41, 5.74) is 0. The molecule has 1 aromatic heterocycles. The van der Waals surface area contributed by atoms with Gasteiger partial charge < -0.3 is 14.8 Å². The number of nitrogens with zero attached hydrogens (tertiary/aromatic N) is 2. The normalized spacial score (nSPS) is 10.2. The van der Waals surface area contributed by atoms with E-state index in [4.69, 9.17) is 21.1 Å². The summed E-state index contributed by atoms with van der Waals surface area (Å²) < 4.78 is 11.0. The average molecular weight is 294 g/mol. The lowest BCUT2D eigenvalue weighted by Gasteiger charge is -2.09. The summed E-state index contributed by atoms with van der Waals surface area (Å²) in [4.78, 5) is 8.26. The molecule has 5 nitrogen and oxygen atoms in total. The molecule has 1 aromatic carbocycles. The van der Waals surface area contributed by atoms with Gasteiger partial charge >= 0.3 is 0 Å². The summed E-state index contributed by atoms with van der Waals surface area (Å²) in [5.74, 6) is 2.23. The fraction of sp³-hybridized carbons (Fsp3) is 0.286. The molecule has 0 aliphatic carbocycles. The van der Waals surface area contributed by atoms with Crippen LogP contribution in [0.4, 0.5) is 5.95 Å². The Labute approximate surface area is 122 Å². The lowest BCUT2D eigenvalue weighted by molar-refractivity contribution is 0.339. The number of halogens is 1. The summed E-state index contributed by atoms with van der Waals surface area (Å²) in [6.45, 7) is 5.26. The van der Waals surface area contributed by atoms with Crippen LogP contribution in [0.25, 0.3) is 0 Å².